The molecule has 0 aromatic carbocycles. The number of carboxylic acids is 1. The fourth-order valence-electron chi connectivity index (χ4n) is 2.11. The van der Waals surface area contributed by atoms with Crippen LogP contribution in [0.25, 0.3) is 0 Å². The quantitative estimate of drug-likeness (QED) is 0.542. The lowest BCUT2D eigenvalue weighted by Gasteiger charge is -2.40. The van der Waals surface area contributed by atoms with Crippen LogP contribution in [0.1, 0.15) is 13.8 Å². The molecule has 15 heavy (non-hydrogen) atoms. The number of halogens is 1. The summed E-state index contributed by atoms with van der Waals surface area (Å²) in [7, 11) is -1.35. The molecular formula is C8H10BrNO4S. The fourth-order valence-corrected chi connectivity index (χ4v) is 5.01. The van der Waals surface area contributed by atoms with Crippen LogP contribution in [-0.2, 0) is 20.4 Å². The van der Waals surface area contributed by atoms with Crippen molar-refractivity contribution in [2.75, 3.05) is 0 Å². The number of carbonyl (C=O) groups is 2. The lowest BCUT2D eigenvalue weighted by atomic mass is 9.98. The molecule has 4 unspecified atom stereocenters. The van der Waals surface area contributed by atoms with Gasteiger partial charge in [0.15, 0.2) is 0 Å². The molecule has 0 aromatic rings. The summed E-state index contributed by atoms with van der Waals surface area (Å²) in [6, 6.07) is -0.982. The van der Waals surface area contributed by atoms with E-state index in [0.717, 1.165) is 0 Å². The highest BCUT2D eigenvalue weighted by Gasteiger charge is 2.67. The molecule has 2 aliphatic heterocycles. The number of amides is 1. The molecule has 1 amide bonds. The molecule has 7 heteroatoms. The number of hydrogen-bond donors (Lipinski definition) is 1. The number of nitrogens with zero attached hydrogens (tertiary/aromatic N) is 1. The molecule has 0 saturated carbocycles. The third kappa shape index (κ3) is 1.16. The summed E-state index contributed by atoms with van der Waals surface area (Å²) in [6.45, 7) is 3.24. The SMILES string of the molecule is CC1(C)C(C(=O)O)N2C(=O)C(Br)C2S1=O. The second kappa shape index (κ2) is 3.04. The number of rotatable bonds is 1. The number of β-lactam (4-membered cyclic amide) rings is 1. The van der Waals surface area contributed by atoms with E-state index in [1.165, 1.54) is 4.90 Å². The van der Waals surface area contributed by atoms with Crippen LogP contribution in [0.2, 0.25) is 0 Å². The Balaban J connectivity index is 2.45. The van der Waals surface area contributed by atoms with Gasteiger partial charge >= 0.3 is 5.97 Å². The predicted molar refractivity (Wildman–Crippen MR) is 57.0 cm³/mol. The average Bonchev–Trinajstić information content (AvgIpc) is 2.32. The van der Waals surface area contributed by atoms with E-state index in [-0.39, 0.29) is 5.91 Å². The molecule has 0 bridgehead atoms. The van der Waals surface area contributed by atoms with Crippen molar-refractivity contribution in [3.8, 4) is 0 Å². The van der Waals surface area contributed by atoms with Gasteiger partial charge in [0.05, 0.1) is 15.5 Å². The molecule has 0 spiro atoms. The van der Waals surface area contributed by atoms with Gasteiger partial charge in [0.25, 0.3) is 0 Å². The number of carbonyl (C=O) groups excluding carboxylic acids is 1. The highest BCUT2D eigenvalue weighted by molar-refractivity contribution is 9.10. The van der Waals surface area contributed by atoms with Crippen molar-refractivity contribution in [2.24, 2.45) is 0 Å². The standard InChI is InChI=1S/C8H10BrNO4S/c1-8(2)4(7(12)13)10-5(11)3(9)6(10)15(8)14/h3-4,6H,1-2H3,(H,12,13). The smallest absolute Gasteiger partial charge is 0.327 e. The third-order valence-electron chi connectivity index (χ3n) is 2.92. The lowest BCUT2D eigenvalue weighted by Crippen LogP contribution is -2.64. The Morgan fingerprint density at radius 2 is 2.13 bits per heavy atom. The van der Waals surface area contributed by atoms with Gasteiger partial charge in [0, 0.05) is 0 Å². The number of alkyl halides is 1. The van der Waals surface area contributed by atoms with Gasteiger partial charge in [-0.25, -0.2) is 4.79 Å². The molecule has 2 heterocycles. The highest BCUT2D eigenvalue weighted by Crippen LogP contribution is 2.45. The molecule has 2 aliphatic rings. The minimum atomic E-state index is -1.35. The monoisotopic (exact) mass is 295 g/mol. The first-order valence-electron chi connectivity index (χ1n) is 4.40. The van der Waals surface area contributed by atoms with Gasteiger partial charge in [-0.3, -0.25) is 9.00 Å². The molecule has 0 aliphatic carbocycles. The average molecular weight is 296 g/mol. The Morgan fingerprint density at radius 3 is 2.60 bits per heavy atom. The van der Waals surface area contributed by atoms with E-state index < -0.39 is 37.8 Å². The number of carboxylic acid groups (broad SMARTS) is 1. The first-order chi connectivity index (χ1) is 6.80. The van der Waals surface area contributed by atoms with Crippen LogP contribution in [0, 0.1) is 0 Å². The molecule has 2 saturated heterocycles. The van der Waals surface area contributed by atoms with Crippen molar-refractivity contribution in [3.05, 3.63) is 0 Å². The minimum Gasteiger partial charge on any atom is -0.480 e. The molecule has 84 valence electrons. The molecule has 4 atom stereocenters. The van der Waals surface area contributed by atoms with E-state index in [0.29, 0.717) is 0 Å². The van der Waals surface area contributed by atoms with E-state index in [1.54, 1.807) is 13.8 Å². The Kier molecular flexibility index (Phi) is 2.24. The fraction of sp³-hybridized carbons (Fsp3) is 0.750. The summed E-state index contributed by atoms with van der Waals surface area (Å²) in [6.07, 6.45) is 0. The van der Waals surface area contributed by atoms with Crippen molar-refractivity contribution in [1.82, 2.24) is 4.90 Å². The normalized spacial score (nSPS) is 42.3. The predicted octanol–water partition coefficient (Wildman–Crippen LogP) is -0.0877. The summed E-state index contributed by atoms with van der Waals surface area (Å²) >= 11 is 3.12. The molecule has 5 nitrogen and oxygen atoms in total. The third-order valence-corrected chi connectivity index (χ3v) is 6.36. The van der Waals surface area contributed by atoms with E-state index in [4.69, 9.17) is 5.11 Å². The summed E-state index contributed by atoms with van der Waals surface area (Å²) in [5, 5.41) is 8.56. The summed E-state index contributed by atoms with van der Waals surface area (Å²) in [4.78, 5) is 23.3. The van der Waals surface area contributed by atoms with E-state index in [1.807, 2.05) is 0 Å². The highest BCUT2D eigenvalue weighted by atomic mass is 79.9. The zero-order valence-corrected chi connectivity index (χ0v) is 10.5. The first-order valence-corrected chi connectivity index (χ1v) is 6.52. The maximum atomic E-state index is 12.0. The van der Waals surface area contributed by atoms with Crippen molar-refractivity contribution >= 4 is 38.6 Å². The van der Waals surface area contributed by atoms with Crippen LogP contribution < -0.4 is 0 Å². The van der Waals surface area contributed by atoms with Crippen LogP contribution in [0.5, 0.6) is 0 Å². The molecule has 0 radical (unpaired) electrons. The summed E-state index contributed by atoms with van der Waals surface area (Å²) < 4.78 is 11.1. The van der Waals surface area contributed by atoms with Gasteiger partial charge in [-0.1, -0.05) is 15.9 Å². The molecule has 2 fully saturated rings. The van der Waals surface area contributed by atoms with Crippen LogP contribution in [0.3, 0.4) is 0 Å². The van der Waals surface area contributed by atoms with Gasteiger partial charge in [-0.05, 0) is 13.8 Å². The number of aliphatic carboxylic acids is 1. The largest absolute Gasteiger partial charge is 0.480 e. The van der Waals surface area contributed by atoms with Crippen LogP contribution in [-0.4, -0.2) is 47.1 Å². The van der Waals surface area contributed by atoms with Crippen molar-refractivity contribution in [2.45, 2.75) is 34.8 Å². The zero-order valence-electron chi connectivity index (χ0n) is 8.14. The van der Waals surface area contributed by atoms with Crippen LogP contribution in [0.4, 0.5) is 0 Å². The second-order valence-electron chi connectivity index (χ2n) is 4.18. The van der Waals surface area contributed by atoms with Crippen LogP contribution >= 0.6 is 15.9 Å². The Morgan fingerprint density at radius 1 is 1.60 bits per heavy atom. The van der Waals surface area contributed by atoms with E-state index in [9.17, 15) is 13.8 Å². The van der Waals surface area contributed by atoms with Gasteiger partial charge < -0.3 is 10.0 Å². The van der Waals surface area contributed by atoms with E-state index in [2.05, 4.69) is 15.9 Å². The topological polar surface area (TPSA) is 74.7 Å². The summed E-state index contributed by atoms with van der Waals surface area (Å²) in [5.74, 6) is -1.38. The summed E-state index contributed by atoms with van der Waals surface area (Å²) in [5.41, 5.74) is 0. The Hall–Kier alpha value is -0.430. The second-order valence-corrected chi connectivity index (χ2v) is 7.30. The van der Waals surface area contributed by atoms with Crippen molar-refractivity contribution in [1.29, 1.82) is 0 Å². The maximum absolute atomic E-state index is 12.0. The van der Waals surface area contributed by atoms with Gasteiger partial charge in [0.1, 0.15) is 16.2 Å². The Bertz CT molecular complexity index is 383. The molecule has 0 aromatic heterocycles. The number of fused-ring (bicyclic) bond motifs is 1. The molecule has 1 N–H and O–H groups in total. The molecular weight excluding hydrogens is 286 g/mol. The number of hydrogen-bond acceptors (Lipinski definition) is 3. The molecule has 2 rings (SSSR count). The Labute approximate surface area is 97.4 Å². The lowest BCUT2D eigenvalue weighted by molar-refractivity contribution is -0.156. The first kappa shape index (κ1) is 11.1. The van der Waals surface area contributed by atoms with Gasteiger partial charge in [-0.2, -0.15) is 0 Å². The van der Waals surface area contributed by atoms with Crippen molar-refractivity contribution < 1.29 is 18.9 Å². The van der Waals surface area contributed by atoms with E-state index >= 15 is 0 Å². The maximum Gasteiger partial charge on any atom is 0.327 e. The zero-order chi connectivity index (χ0) is 11.5. The van der Waals surface area contributed by atoms with Crippen LogP contribution in [0.15, 0.2) is 0 Å². The van der Waals surface area contributed by atoms with Gasteiger partial charge in [0.2, 0.25) is 5.91 Å². The van der Waals surface area contributed by atoms with Crippen molar-refractivity contribution in [3.63, 3.8) is 0 Å². The van der Waals surface area contributed by atoms with Gasteiger partial charge in [-0.15, -0.1) is 0 Å². The minimum absolute atomic E-state index is 0.286.